The monoisotopic (exact) mass is 374 g/mol. The first-order valence-corrected chi connectivity index (χ1v) is 8.93. The molecule has 1 amide bonds. The molecule has 0 unspecified atom stereocenters. The molecule has 1 heterocycles. The molecule has 142 valence electrons. The number of carbonyl (C=O) groups excluding carboxylic acids is 2. The van der Waals surface area contributed by atoms with Gasteiger partial charge in [0.2, 0.25) is 0 Å². The van der Waals surface area contributed by atoms with Crippen LogP contribution in [0.4, 0.5) is 17.2 Å². The number of benzene rings is 2. The van der Waals surface area contributed by atoms with E-state index in [-0.39, 0.29) is 17.4 Å². The standard InChI is InChI=1S/C22H22N4O2/c1-13-9-14(2)21(15(3)10-13)26-20-11-19(23-12-24-20)22(28)25-18-7-5-17(6-8-18)16(4)27/h5-12H,1-4H3,(H,25,28)(H,23,24,26). The second-order valence-electron chi connectivity index (χ2n) is 6.77. The van der Waals surface area contributed by atoms with Crippen molar-refractivity contribution in [2.24, 2.45) is 0 Å². The summed E-state index contributed by atoms with van der Waals surface area (Å²) >= 11 is 0. The number of carbonyl (C=O) groups is 2. The predicted octanol–water partition coefficient (Wildman–Crippen LogP) is 4.60. The van der Waals surface area contributed by atoms with Crippen LogP contribution in [0.15, 0.2) is 48.8 Å². The molecule has 1 aromatic heterocycles. The van der Waals surface area contributed by atoms with E-state index in [0.717, 1.165) is 16.8 Å². The second-order valence-corrected chi connectivity index (χ2v) is 6.77. The van der Waals surface area contributed by atoms with E-state index in [1.54, 1.807) is 30.3 Å². The summed E-state index contributed by atoms with van der Waals surface area (Å²) in [7, 11) is 0. The third-order valence-electron chi connectivity index (χ3n) is 4.38. The Morgan fingerprint density at radius 3 is 2.14 bits per heavy atom. The van der Waals surface area contributed by atoms with E-state index < -0.39 is 0 Å². The third-order valence-corrected chi connectivity index (χ3v) is 4.38. The van der Waals surface area contributed by atoms with Crippen molar-refractivity contribution in [3.8, 4) is 0 Å². The van der Waals surface area contributed by atoms with Gasteiger partial charge in [0.15, 0.2) is 5.78 Å². The SMILES string of the molecule is CC(=O)c1ccc(NC(=O)c2cc(Nc3c(C)cc(C)cc3C)ncn2)cc1. The number of hydrogen-bond donors (Lipinski definition) is 2. The van der Waals surface area contributed by atoms with Crippen LogP contribution in [0.25, 0.3) is 0 Å². The molecule has 0 atom stereocenters. The Kier molecular flexibility index (Phi) is 5.49. The van der Waals surface area contributed by atoms with Gasteiger partial charge in [0, 0.05) is 23.0 Å². The minimum atomic E-state index is -0.349. The maximum atomic E-state index is 12.5. The van der Waals surface area contributed by atoms with Gasteiger partial charge in [0.05, 0.1) is 0 Å². The summed E-state index contributed by atoms with van der Waals surface area (Å²) in [6, 6.07) is 12.5. The number of anilines is 3. The molecule has 2 aromatic carbocycles. The molecule has 28 heavy (non-hydrogen) atoms. The molecule has 0 saturated carbocycles. The Bertz CT molecular complexity index is 1020. The first-order chi connectivity index (χ1) is 13.3. The minimum Gasteiger partial charge on any atom is -0.340 e. The van der Waals surface area contributed by atoms with Crippen LogP contribution in [-0.2, 0) is 0 Å². The highest BCUT2D eigenvalue weighted by molar-refractivity contribution is 6.03. The van der Waals surface area contributed by atoms with Gasteiger partial charge in [0.1, 0.15) is 17.8 Å². The van der Waals surface area contributed by atoms with Crippen molar-refractivity contribution in [1.29, 1.82) is 0 Å². The Balaban J connectivity index is 1.77. The van der Waals surface area contributed by atoms with E-state index in [4.69, 9.17) is 0 Å². The van der Waals surface area contributed by atoms with Crippen LogP contribution in [0.1, 0.15) is 44.5 Å². The molecular weight excluding hydrogens is 352 g/mol. The summed E-state index contributed by atoms with van der Waals surface area (Å²) in [4.78, 5) is 32.1. The highest BCUT2D eigenvalue weighted by atomic mass is 16.2. The molecule has 0 saturated heterocycles. The maximum absolute atomic E-state index is 12.5. The van der Waals surface area contributed by atoms with Crippen molar-refractivity contribution in [3.05, 3.63) is 76.7 Å². The third kappa shape index (κ3) is 4.40. The van der Waals surface area contributed by atoms with Gasteiger partial charge in [-0.05, 0) is 63.1 Å². The van der Waals surface area contributed by atoms with Crippen molar-refractivity contribution in [3.63, 3.8) is 0 Å². The zero-order valence-corrected chi connectivity index (χ0v) is 16.3. The molecule has 0 bridgehead atoms. The average molecular weight is 374 g/mol. The van der Waals surface area contributed by atoms with E-state index in [1.807, 2.05) is 13.8 Å². The van der Waals surface area contributed by atoms with Crippen LogP contribution >= 0.6 is 0 Å². The van der Waals surface area contributed by atoms with E-state index >= 15 is 0 Å². The first kappa shape index (κ1) is 19.2. The van der Waals surface area contributed by atoms with Crippen molar-refractivity contribution < 1.29 is 9.59 Å². The summed E-state index contributed by atoms with van der Waals surface area (Å²) in [5, 5.41) is 6.06. The van der Waals surface area contributed by atoms with Gasteiger partial charge in [-0.1, -0.05) is 17.7 Å². The van der Waals surface area contributed by atoms with E-state index in [2.05, 4.69) is 39.7 Å². The number of aromatic nitrogens is 2. The largest absolute Gasteiger partial charge is 0.340 e. The van der Waals surface area contributed by atoms with E-state index in [0.29, 0.717) is 17.1 Å². The quantitative estimate of drug-likeness (QED) is 0.638. The summed E-state index contributed by atoms with van der Waals surface area (Å²) < 4.78 is 0. The van der Waals surface area contributed by atoms with Crippen LogP contribution in [0, 0.1) is 20.8 Å². The van der Waals surface area contributed by atoms with Crippen LogP contribution < -0.4 is 10.6 Å². The Labute approximate surface area is 164 Å². The van der Waals surface area contributed by atoms with Crippen molar-refractivity contribution in [2.45, 2.75) is 27.7 Å². The zero-order valence-electron chi connectivity index (χ0n) is 16.3. The van der Waals surface area contributed by atoms with Gasteiger partial charge in [-0.3, -0.25) is 9.59 Å². The maximum Gasteiger partial charge on any atom is 0.274 e. The van der Waals surface area contributed by atoms with Crippen molar-refractivity contribution in [2.75, 3.05) is 10.6 Å². The summed E-state index contributed by atoms with van der Waals surface area (Å²) in [5.41, 5.74) is 5.80. The molecular formula is C22H22N4O2. The molecule has 6 nitrogen and oxygen atoms in total. The lowest BCUT2D eigenvalue weighted by atomic mass is 10.1. The molecule has 0 aliphatic carbocycles. The number of Topliss-reactive ketones (excluding diaryl/α,β-unsaturated/α-hetero) is 1. The Hall–Kier alpha value is -3.54. The number of hydrogen-bond acceptors (Lipinski definition) is 5. The lowest BCUT2D eigenvalue weighted by molar-refractivity contribution is 0.101. The Morgan fingerprint density at radius 1 is 0.893 bits per heavy atom. The highest BCUT2D eigenvalue weighted by Gasteiger charge is 2.11. The highest BCUT2D eigenvalue weighted by Crippen LogP contribution is 2.25. The van der Waals surface area contributed by atoms with Gasteiger partial charge < -0.3 is 10.6 Å². The minimum absolute atomic E-state index is 0.0221. The first-order valence-electron chi connectivity index (χ1n) is 8.93. The molecule has 6 heteroatoms. The predicted molar refractivity (Wildman–Crippen MR) is 110 cm³/mol. The molecule has 0 aliphatic rings. The number of ketones is 1. The summed E-state index contributed by atoms with van der Waals surface area (Å²) in [6.07, 6.45) is 1.36. The summed E-state index contributed by atoms with van der Waals surface area (Å²) in [6.45, 7) is 7.62. The number of nitrogens with one attached hydrogen (secondary N) is 2. The molecule has 2 N–H and O–H groups in total. The normalized spacial score (nSPS) is 10.4. The fourth-order valence-electron chi connectivity index (χ4n) is 3.04. The number of aryl methyl sites for hydroxylation is 3. The van der Waals surface area contributed by atoms with Gasteiger partial charge in [-0.25, -0.2) is 9.97 Å². The van der Waals surface area contributed by atoms with Gasteiger partial charge in [-0.15, -0.1) is 0 Å². The van der Waals surface area contributed by atoms with Crippen molar-refractivity contribution >= 4 is 28.9 Å². The number of amides is 1. The van der Waals surface area contributed by atoms with Crippen LogP contribution in [0.5, 0.6) is 0 Å². The van der Waals surface area contributed by atoms with Gasteiger partial charge in [0.25, 0.3) is 5.91 Å². The second kappa shape index (κ2) is 8.00. The lowest BCUT2D eigenvalue weighted by Gasteiger charge is -2.13. The van der Waals surface area contributed by atoms with E-state index in [9.17, 15) is 9.59 Å². The summed E-state index contributed by atoms with van der Waals surface area (Å²) in [5.74, 6) is 0.173. The Morgan fingerprint density at radius 2 is 1.54 bits per heavy atom. The van der Waals surface area contributed by atoms with Crippen molar-refractivity contribution in [1.82, 2.24) is 9.97 Å². The number of rotatable bonds is 5. The van der Waals surface area contributed by atoms with E-state index in [1.165, 1.54) is 18.8 Å². The van der Waals surface area contributed by atoms with Gasteiger partial charge >= 0.3 is 0 Å². The smallest absolute Gasteiger partial charge is 0.274 e. The molecule has 0 aliphatic heterocycles. The topological polar surface area (TPSA) is 84.0 Å². The van der Waals surface area contributed by atoms with Crippen LogP contribution in [0.3, 0.4) is 0 Å². The number of nitrogens with zero attached hydrogens (tertiary/aromatic N) is 2. The zero-order chi connectivity index (χ0) is 20.3. The molecule has 0 radical (unpaired) electrons. The van der Waals surface area contributed by atoms with Crippen LogP contribution in [0.2, 0.25) is 0 Å². The van der Waals surface area contributed by atoms with Crippen LogP contribution in [-0.4, -0.2) is 21.7 Å². The average Bonchev–Trinajstić information content (AvgIpc) is 2.65. The fourth-order valence-corrected chi connectivity index (χ4v) is 3.04. The molecule has 0 spiro atoms. The molecule has 0 fully saturated rings. The molecule has 3 aromatic rings. The fraction of sp³-hybridized carbons (Fsp3) is 0.182. The van der Waals surface area contributed by atoms with Gasteiger partial charge in [-0.2, -0.15) is 0 Å². The molecule has 3 rings (SSSR count). The lowest BCUT2D eigenvalue weighted by Crippen LogP contribution is -2.14.